The Morgan fingerprint density at radius 1 is 1.44 bits per heavy atom. The summed E-state index contributed by atoms with van der Waals surface area (Å²) < 4.78 is 0. The van der Waals surface area contributed by atoms with Crippen molar-refractivity contribution in [3.05, 3.63) is 23.4 Å². The van der Waals surface area contributed by atoms with Gasteiger partial charge in [0.05, 0.1) is 11.2 Å². The van der Waals surface area contributed by atoms with Gasteiger partial charge in [-0.25, -0.2) is 9.59 Å². The highest BCUT2D eigenvalue weighted by Gasteiger charge is 2.35. The van der Waals surface area contributed by atoms with Crippen molar-refractivity contribution in [1.29, 1.82) is 0 Å². The second kappa shape index (κ2) is 4.84. The molecule has 0 spiro atoms. The Labute approximate surface area is 94.5 Å². The van der Waals surface area contributed by atoms with Crippen molar-refractivity contribution >= 4 is 12.2 Å². The number of carbonyl (C=O) groups excluding carboxylic acids is 2. The van der Waals surface area contributed by atoms with E-state index in [-0.39, 0.29) is 5.92 Å². The molecular weight excluding hydrogens is 204 g/mol. The zero-order valence-corrected chi connectivity index (χ0v) is 9.65. The maximum Gasteiger partial charge on any atom is 0.240 e. The van der Waals surface area contributed by atoms with Gasteiger partial charge < -0.3 is 0 Å². The van der Waals surface area contributed by atoms with Crippen molar-refractivity contribution in [1.82, 2.24) is 0 Å². The lowest BCUT2D eigenvalue weighted by Crippen LogP contribution is -2.33. The summed E-state index contributed by atoms with van der Waals surface area (Å²) in [4.78, 5) is 28.2. The largest absolute Gasteiger partial charge is 0.240 e. The van der Waals surface area contributed by atoms with Crippen LogP contribution in [0.3, 0.4) is 0 Å². The van der Waals surface area contributed by atoms with Crippen molar-refractivity contribution < 1.29 is 9.59 Å². The van der Waals surface area contributed by atoms with Crippen molar-refractivity contribution in [2.45, 2.75) is 32.7 Å². The minimum Gasteiger partial charge on any atom is -0.211 e. The standard InChI is InChI=1S/C12H14N2O2/c1-4-10-9(2)11(13-7-15)5-6-12(10,3)14-8-16/h5-6,10H,4H2,1-3H3. The molecule has 0 aliphatic heterocycles. The maximum absolute atomic E-state index is 10.4. The summed E-state index contributed by atoms with van der Waals surface area (Å²) in [6.45, 7) is 5.77. The summed E-state index contributed by atoms with van der Waals surface area (Å²) in [5.41, 5.74) is 0.984. The second-order valence-electron chi connectivity index (χ2n) is 3.99. The van der Waals surface area contributed by atoms with Gasteiger partial charge in [0.2, 0.25) is 12.2 Å². The number of hydrogen-bond acceptors (Lipinski definition) is 4. The molecule has 0 aromatic rings. The lowest BCUT2D eigenvalue weighted by Gasteiger charge is -2.33. The quantitative estimate of drug-likeness (QED) is 0.539. The predicted molar refractivity (Wildman–Crippen MR) is 60.3 cm³/mol. The molecule has 0 aromatic heterocycles. The monoisotopic (exact) mass is 218 g/mol. The van der Waals surface area contributed by atoms with Crippen molar-refractivity contribution in [3.63, 3.8) is 0 Å². The topological polar surface area (TPSA) is 58.9 Å². The van der Waals surface area contributed by atoms with Gasteiger partial charge in [0.25, 0.3) is 0 Å². The average molecular weight is 218 g/mol. The Kier molecular flexibility index (Phi) is 3.73. The number of nitrogens with zero attached hydrogens (tertiary/aromatic N) is 2. The summed E-state index contributed by atoms with van der Waals surface area (Å²) in [5, 5.41) is 0. The molecule has 16 heavy (non-hydrogen) atoms. The highest BCUT2D eigenvalue weighted by atomic mass is 16.1. The number of rotatable bonds is 3. The van der Waals surface area contributed by atoms with Crippen LogP contribution in [0.1, 0.15) is 27.2 Å². The van der Waals surface area contributed by atoms with Gasteiger partial charge in [-0.3, -0.25) is 0 Å². The number of allylic oxidation sites excluding steroid dienone is 1. The van der Waals surface area contributed by atoms with Crippen LogP contribution >= 0.6 is 0 Å². The first kappa shape index (κ1) is 12.3. The minimum atomic E-state index is -0.581. The van der Waals surface area contributed by atoms with Gasteiger partial charge in [-0.05, 0) is 31.9 Å². The lowest BCUT2D eigenvalue weighted by molar-refractivity contribution is 0.390. The molecular formula is C12H14N2O2. The Hall–Kier alpha value is -1.76. The third kappa shape index (κ3) is 2.08. The Morgan fingerprint density at radius 2 is 2.12 bits per heavy atom. The van der Waals surface area contributed by atoms with E-state index in [1.54, 1.807) is 18.2 Å². The minimum absolute atomic E-state index is 0.0612. The van der Waals surface area contributed by atoms with E-state index in [0.29, 0.717) is 5.70 Å². The third-order valence-corrected chi connectivity index (χ3v) is 3.07. The van der Waals surface area contributed by atoms with Crippen LogP contribution in [0.2, 0.25) is 0 Å². The number of hydrogen-bond donors (Lipinski definition) is 0. The van der Waals surface area contributed by atoms with Crippen LogP contribution < -0.4 is 0 Å². The lowest BCUT2D eigenvalue weighted by atomic mass is 9.75. The molecule has 0 radical (unpaired) electrons. The van der Waals surface area contributed by atoms with Crippen molar-refractivity contribution in [2.24, 2.45) is 15.9 Å². The predicted octanol–water partition coefficient (Wildman–Crippen LogP) is 2.29. The highest BCUT2D eigenvalue weighted by Crippen LogP contribution is 2.37. The van der Waals surface area contributed by atoms with E-state index in [0.717, 1.165) is 12.0 Å². The fourth-order valence-electron chi connectivity index (χ4n) is 2.22. The van der Waals surface area contributed by atoms with Crippen molar-refractivity contribution in [3.8, 4) is 0 Å². The van der Waals surface area contributed by atoms with Gasteiger partial charge in [-0.2, -0.15) is 9.98 Å². The molecule has 1 aliphatic carbocycles. The van der Waals surface area contributed by atoms with Crippen LogP contribution in [0.4, 0.5) is 0 Å². The Morgan fingerprint density at radius 3 is 2.62 bits per heavy atom. The van der Waals surface area contributed by atoms with Gasteiger partial charge >= 0.3 is 0 Å². The first-order chi connectivity index (χ1) is 7.59. The molecule has 4 nitrogen and oxygen atoms in total. The highest BCUT2D eigenvalue weighted by molar-refractivity contribution is 5.46. The van der Waals surface area contributed by atoms with Crippen LogP contribution in [-0.4, -0.2) is 17.7 Å². The SMILES string of the molecule is CCC1C(C)=C(N=C=O)C=CC1(C)N=C=O. The van der Waals surface area contributed by atoms with Crippen LogP contribution in [0, 0.1) is 5.92 Å². The molecule has 0 N–H and O–H groups in total. The molecule has 1 rings (SSSR count). The molecule has 2 atom stereocenters. The first-order valence-corrected chi connectivity index (χ1v) is 5.16. The van der Waals surface area contributed by atoms with E-state index in [1.807, 2.05) is 20.8 Å². The summed E-state index contributed by atoms with van der Waals surface area (Å²) in [7, 11) is 0. The van der Waals surface area contributed by atoms with Crippen LogP contribution in [0.5, 0.6) is 0 Å². The molecule has 0 heterocycles. The molecule has 1 aliphatic rings. The average Bonchev–Trinajstić information content (AvgIpc) is 2.24. The molecule has 0 bridgehead atoms. The molecule has 0 amide bonds. The van der Waals surface area contributed by atoms with Gasteiger partial charge in [0, 0.05) is 5.92 Å². The van der Waals surface area contributed by atoms with Crippen LogP contribution in [0.25, 0.3) is 0 Å². The summed E-state index contributed by atoms with van der Waals surface area (Å²) in [6, 6.07) is 0. The molecule has 4 heteroatoms. The molecule has 0 aromatic carbocycles. The van der Waals surface area contributed by atoms with Gasteiger partial charge in [0.15, 0.2) is 0 Å². The smallest absolute Gasteiger partial charge is 0.211 e. The van der Waals surface area contributed by atoms with Gasteiger partial charge in [-0.1, -0.05) is 13.0 Å². The molecule has 84 valence electrons. The fraction of sp³-hybridized carbons (Fsp3) is 0.500. The zero-order chi connectivity index (χ0) is 12.2. The van der Waals surface area contributed by atoms with E-state index in [1.165, 1.54) is 6.08 Å². The van der Waals surface area contributed by atoms with Gasteiger partial charge in [0.1, 0.15) is 0 Å². The second-order valence-corrected chi connectivity index (χ2v) is 3.99. The zero-order valence-electron chi connectivity index (χ0n) is 9.65. The third-order valence-electron chi connectivity index (χ3n) is 3.07. The van der Waals surface area contributed by atoms with E-state index in [4.69, 9.17) is 0 Å². The Bertz CT molecular complexity index is 438. The van der Waals surface area contributed by atoms with Crippen molar-refractivity contribution in [2.75, 3.05) is 0 Å². The summed E-state index contributed by atoms with van der Waals surface area (Å²) >= 11 is 0. The van der Waals surface area contributed by atoms with Gasteiger partial charge in [-0.15, -0.1) is 0 Å². The van der Waals surface area contributed by atoms with E-state index in [9.17, 15) is 9.59 Å². The van der Waals surface area contributed by atoms with E-state index in [2.05, 4.69) is 9.98 Å². The number of aliphatic imine (C=N–C) groups is 2. The molecule has 2 unspecified atom stereocenters. The van der Waals surface area contributed by atoms with Crippen LogP contribution in [0.15, 0.2) is 33.4 Å². The fourth-order valence-corrected chi connectivity index (χ4v) is 2.22. The molecule has 0 saturated heterocycles. The maximum atomic E-state index is 10.4. The molecule has 0 saturated carbocycles. The van der Waals surface area contributed by atoms with E-state index >= 15 is 0 Å². The normalized spacial score (nSPS) is 28.3. The summed E-state index contributed by atoms with van der Waals surface area (Å²) in [6.07, 6.45) is 7.44. The Balaban J connectivity index is 3.25. The first-order valence-electron chi connectivity index (χ1n) is 5.16. The van der Waals surface area contributed by atoms with Crippen LogP contribution in [-0.2, 0) is 9.59 Å². The van der Waals surface area contributed by atoms with E-state index < -0.39 is 5.54 Å². The summed E-state index contributed by atoms with van der Waals surface area (Å²) in [5.74, 6) is 0.0612. The molecule has 0 fully saturated rings. The number of isocyanates is 2.